The number of nitrogens with one attached hydrogen (secondary N) is 1. The highest BCUT2D eigenvalue weighted by atomic mass is 19.1. The fourth-order valence-corrected chi connectivity index (χ4v) is 2.31. The van der Waals surface area contributed by atoms with Crippen molar-refractivity contribution >= 4 is 5.91 Å². The molecular weight excluding hydrogens is 313 g/mol. The summed E-state index contributed by atoms with van der Waals surface area (Å²) in [5.74, 6) is -0.602. The topological polar surface area (TPSA) is 84.2 Å². The number of hydrogen-bond acceptors (Lipinski definition) is 4. The molecule has 2 N–H and O–H groups in total. The second-order valence-corrected chi connectivity index (χ2v) is 5.93. The lowest BCUT2D eigenvalue weighted by Crippen LogP contribution is -2.39. The SMILES string of the molecule is CC(C)CC(CO)NC(=O)c1ccc(=O)n(-c2ccc(F)cc2)n1. The highest BCUT2D eigenvalue weighted by Gasteiger charge is 2.16. The summed E-state index contributed by atoms with van der Waals surface area (Å²) >= 11 is 0. The van der Waals surface area contributed by atoms with Crippen LogP contribution in [0.4, 0.5) is 4.39 Å². The second kappa shape index (κ2) is 7.83. The number of nitrogens with zero attached hydrogens (tertiary/aromatic N) is 2. The van der Waals surface area contributed by atoms with Crippen molar-refractivity contribution in [2.75, 3.05) is 6.61 Å². The van der Waals surface area contributed by atoms with Crippen LogP contribution < -0.4 is 10.9 Å². The first-order valence-corrected chi connectivity index (χ1v) is 7.68. The lowest BCUT2D eigenvalue weighted by Gasteiger charge is -2.18. The average molecular weight is 333 g/mol. The maximum absolute atomic E-state index is 13.0. The van der Waals surface area contributed by atoms with Gasteiger partial charge in [0.15, 0.2) is 0 Å². The predicted molar refractivity (Wildman–Crippen MR) is 87.6 cm³/mol. The van der Waals surface area contributed by atoms with Crippen LogP contribution in [-0.4, -0.2) is 33.4 Å². The molecule has 0 aliphatic carbocycles. The molecule has 2 rings (SSSR count). The Morgan fingerprint density at radius 1 is 1.25 bits per heavy atom. The Morgan fingerprint density at radius 2 is 1.92 bits per heavy atom. The third-order valence-electron chi connectivity index (χ3n) is 3.42. The Balaban J connectivity index is 2.25. The molecule has 0 saturated carbocycles. The largest absolute Gasteiger partial charge is 0.394 e. The number of benzene rings is 1. The monoisotopic (exact) mass is 333 g/mol. The van der Waals surface area contributed by atoms with Gasteiger partial charge in [0.2, 0.25) is 0 Å². The molecule has 1 amide bonds. The first kappa shape index (κ1) is 17.8. The number of halogens is 1. The zero-order valence-corrected chi connectivity index (χ0v) is 13.6. The second-order valence-electron chi connectivity index (χ2n) is 5.93. The number of carbonyl (C=O) groups is 1. The van der Waals surface area contributed by atoms with E-state index in [1.165, 1.54) is 36.4 Å². The Morgan fingerprint density at radius 3 is 2.50 bits per heavy atom. The number of rotatable bonds is 6. The molecule has 1 heterocycles. The van der Waals surface area contributed by atoms with Gasteiger partial charge in [-0.3, -0.25) is 9.59 Å². The fourth-order valence-electron chi connectivity index (χ4n) is 2.31. The number of amides is 1. The Bertz CT molecular complexity index is 756. The van der Waals surface area contributed by atoms with Crippen molar-refractivity contribution in [2.45, 2.75) is 26.3 Å². The van der Waals surface area contributed by atoms with Crippen molar-refractivity contribution in [3.05, 3.63) is 58.3 Å². The summed E-state index contributed by atoms with van der Waals surface area (Å²) < 4.78 is 14.0. The molecule has 7 heteroatoms. The van der Waals surface area contributed by atoms with Crippen molar-refractivity contribution < 1.29 is 14.3 Å². The van der Waals surface area contributed by atoms with E-state index in [1.807, 2.05) is 13.8 Å². The highest BCUT2D eigenvalue weighted by Crippen LogP contribution is 2.07. The van der Waals surface area contributed by atoms with Crippen molar-refractivity contribution in [3.8, 4) is 5.69 Å². The van der Waals surface area contributed by atoms with Crippen LogP contribution >= 0.6 is 0 Å². The summed E-state index contributed by atoms with van der Waals surface area (Å²) in [6.07, 6.45) is 0.625. The summed E-state index contributed by atoms with van der Waals surface area (Å²) in [4.78, 5) is 24.2. The normalized spacial score (nSPS) is 12.2. The van der Waals surface area contributed by atoms with Gasteiger partial charge in [0.1, 0.15) is 11.5 Å². The summed E-state index contributed by atoms with van der Waals surface area (Å²) in [5.41, 5.74) is -0.0304. The predicted octanol–water partition coefficient (Wildman–Crippen LogP) is 1.51. The van der Waals surface area contributed by atoms with E-state index < -0.39 is 17.3 Å². The van der Waals surface area contributed by atoms with Crippen LogP contribution in [0, 0.1) is 11.7 Å². The van der Waals surface area contributed by atoms with Crippen LogP contribution in [0.25, 0.3) is 5.69 Å². The van der Waals surface area contributed by atoms with Gasteiger partial charge in [0.05, 0.1) is 18.3 Å². The third kappa shape index (κ3) is 4.48. The van der Waals surface area contributed by atoms with Crippen molar-refractivity contribution in [1.82, 2.24) is 15.1 Å². The molecule has 2 aromatic rings. The molecule has 0 saturated heterocycles. The molecule has 24 heavy (non-hydrogen) atoms. The van der Waals surface area contributed by atoms with Gasteiger partial charge < -0.3 is 10.4 Å². The first-order chi connectivity index (χ1) is 11.4. The molecule has 1 unspecified atom stereocenters. The molecule has 6 nitrogen and oxygen atoms in total. The Kier molecular flexibility index (Phi) is 5.81. The van der Waals surface area contributed by atoms with Crippen LogP contribution in [0.15, 0.2) is 41.2 Å². The minimum absolute atomic E-state index is 0.0427. The standard InChI is InChI=1S/C17H20FN3O3/c1-11(2)9-13(10-22)19-17(24)15-7-8-16(23)21(20-15)14-5-3-12(18)4-6-14/h3-8,11,13,22H,9-10H2,1-2H3,(H,19,24). The molecule has 1 aromatic carbocycles. The Labute approximate surface area is 138 Å². The van der Waals surface area contributed by atoms with E-state index in [4.69, 9.17) is 0 Å². The maximum atomic E-state index is 13.0. The van der Waals surface area contributed by atoms with Gasteiger partial charge in [-0.05, 0) is 42.7 Å². The molecular formula is C17H20FN3O3. The smallest absolute Gasteiger partial charge is 0.272 e. The van der Waals surface area contributed by atoms with Gasteiger partial charge in [0.25, 0.3) is 11.5 Å². The third-order valence-corrected chi connectivity index (χ3v) is 3.42. The van der Waals surface area contributed by atoms with Crippen LogP contribution in [0.5, 0.6) is 0 Å². The zero-order valence-electron chi connectivity index (χ0n) is 13.6. The number of aromatic nitrogens is 2. The van der Waals surface area contributed by atoms with Crippen molar-refractivity contribution in [2.24, 2.45) is 5.92 Å². The van der Waals surface area contributed by atoms with Crippen molar-refractivity contribution in [1.29, 1.82) is 0 Å². The van der Waals surface area contributed by atoms with Gasteiger partial charge >= 0.3 is 0 Å². The maximum Gasteiger partial charge on any atom is 0.272 e. The summed E-state index contributed by atoms with van der Waals surface area (Å²) in [6, 6.07) is 7.39. The lowest BCUT2D eigenvalue weighted by molar-refractivity contribution is 0.0901. The van der Waals surface area contributed by atoms with Gasteiger partial charge in [-0.25, -0.2) is 4.39 Å². The van der Waals surface area contributed by atoms with Crippen LogP contribution in [0.3, 0.4) is 0 Å². The molecule has 1 atom stereocenters. The Hall–Kier alpha value is -2.54. The summed E-state index contributed by atoms with van der Waals surface area (Å²) in [6.45, 7) is 3.80. The summed E-state index contributed by atoms with van der Waals surface area (Å²) in [5, 5.41) is 16.1. The quantitative estimate of drug-likeness (QED) is 0.839. The summed E-state index contributed by atoms with van der Waals surface area (Å²) in [7, 11) is 0. The molecule has 0 spiro atoms. The van der Waals surface area contributed by atoms with Crippen LogP contribution in [0.2, 0.25) is 0 Å². The molecule has 0 fully saturated rings. The van der Waals surface area contributed by atoms with Crippen LogP contribution in [0.1, 0.15) is 30.8 Å². The minimum atomic E-state index is -0.481. The van der Waals surface area contributed by atoms with E-state index in [2.05, 4.69) is 10.4 Å². The van der Waals surface area contributed by atoms with E-state index in [1.54, 1.807) is 0 Å². The van der Waals surface area contributed by atoms with Gasteiger partial charge in [-0.2, -0.15) is 9.78 Å². The zero-order chi connectivity index (χ0) is 17.7. The lowest BCUT2D eigenvalue weighted by atomic mass is 10.0. The highest BCUT2D eigenvalue weighted by molar-refractivity contribution is 5.92. The number of aliphatic hydroxyl groups excluding tert-OH is 1. The van der Waals surface area contributed by atoms with E-state index in [-0.39, 0.29) is 18.3 Å². The molecule has 0 aliphatic heterocycles. The average Bonchev–Trinajstić information content (AvgIpc) is 2.55. The molecule has 0 aliphatic rings. The van der Waals surface area contributed by atoms with Gasteiger partial charge in [-0.15, -0.1) is 0 Å². The number of hydrogen-bond donors (Lipinski definition) is 2. The fraction of sp³-hybridized carbons (Fsp3) is 0.353. The van der Waals surface area contributed by atoms with E-state index in [0.29, 0.717) is 18.0 Å². The molecule has 128 valence electrons. The van der Waals surface area contributed by atoms with Crippen LogP contribution in [-0.2, 0) is 0 Å². The number of carbonyl (C=O) groups excluding carboxylic acids is 1. The molecule has 1 aromatic heterocycles. The number of aliphatic hydroxyl groups is 1. The van der Waals surface area contributed by atoms with E-state index in [0.717, 1.165) is 4.68 Å². The minimum Gasteiger partial charge on any atom is -0.394 e. The van der Waals surface area contributed by atoms with Gasteiger partial charge in [0, 0.05) is 6.07 Å². The first-order valence-electron chi connectivity index (χ1n) is 7.68. The van der Waals surface area contributed by atoms with Gasteiger partial charge in [-0.1, -0.05) is 13.8 Å². The molecule has 0 bridgehead atoms. The van der Waals surface area contributed by atoms with Crippen molar-refractivity contribution in [3.63, 3.8) is 0 Å². The van der Waals surface area contributed by atoms with E-state index >= 15 is 0 Å². The molecule has 0 radical (unpaired) electrons. The van der Waals surface area contributed by atoms with E-state index in [9.17, 15) is 19.1 Å².